The minimum atomic E-state index is -3.26. The van der Waals surface area contributed by atoms with Crippen molar-refractivity contribution in [2.45, 2.75) is 54.1 Å². The third-order valence-corrected chi connectivity index (χ3v) is 6.02. The summed E-state index contributed by atoms with van der Waals surface area (Å²) in [7, 11) is -3.26. The summed E-state index contributed by atoms with van der Waals surface area (Å²) in [4.78, 5) is 6.88. The lowest BCUT2D eigenvalue weighted by atomic mass is 9.92. The number of nitrogens with one attached hydrogen (secondary N) is 1. The maximum atomic E-state index is 12.4. The monoisotopic (exact) mass is 518 g/mol. The first-order chi connectivity index (χ1) is 12.0. The highest BCUT2D eigenvalue weighted by atomic mass is 127. The molecular weight excluding hydrogens is 479 g/mol. The molecule has 1 aliphatic rings. The van der Waals surface area contributed by atoms with Gasteiger partial charge in [-0.3, -0.25) is 4.99 Å². The number of sulfonamides is 1. The van der Waals surface area contributed by atoms with Crippen LogP contribution in [0.1, 0.15) is 48.0 Å². The van der Waals surface area contributed by atoms with Gasteiger partial charge in [0.1, 0.15) is 0 Å². The van der Waals surface area contributed by atoms with Crippen LogP contribution in [0.2, 0.25) is 0 Å². The molecule has 1 N–H and O–H groups in total. The van der Waals surface area contributed by atoms with Crippen molar-refractivity contribution >= 4 is 40.0 Å². The Hall–Kier alpha value is -0.130. The molecule has 0 radical (unpaired) electrons. The molecule has 1 rings (SSSR count). The molecule has 0 aliphatic carbocycles. The van der Waals surface area contributed by atoms with E-state index in [1.165, 1.54) is 0 Å². The van der Waals surface area contributed by atoms with Gasteiger partial charge in [-0.15, -0.1) is 24.0 Å². The molecule has 7 nitrogen and oxygen atoms in total. The van der Waals surface area contributed by atoms with Gasteiger partial charge in [-0.25, -0.2) is 8.42 Å². The van der Waals surface area contributed by atoms with Crippen molar-refractivity contribution in [2.75, 3.05) is 51.6 Å². The van der Waals surface area contributed by atoms with Gasteiger partial charge in [-0.2, -0.15) is 4.31 Å². The molecule has 0 amide bonds. The summed E-state index contributed by atoms with van der Waals surface area (Å²) < 4.78 is 31.8. The largest absolute Gasteiger partial charge is 0.378 e. The van der Waals surface area contributed by atoms with Crippen LogP contribution < -0.4 is 5.32 Å². The molecule has 0 atom stereocenters. The van der Waals surface area contributed by atoms with E-state index in [0.29, 0.717) is 26.2 Å². The fraction of sp³-hybridized carbons (Fsp3) is 0.944. The third-order valence-electron chi connectivity index (χ3n) is 4.18. The predicted octanol–water partition coefficient (Wildman–Crippen LogP) is 2.38. The Kier molecular flexibility index (Phi) is 12.4. The van der Waals surface area contributed by atoms with Gasteiger partial charge in [0.05, 0.1) is 18.5 Å². The minimum Gasteiger partial charge on any atom is -0.378 e. The first-order valence-electron chi connectivity index (χ1n) is 9.68. The SMILES string of the molecule is CCNC(=NCCC(C)(C)C)N1CCN(S(=O)(=O)CCOC(C)C)CC1.I. The molecule has 0 aromatic heterocycles. The lowest BCUT2D eigenvalue weighted by Crippen LogP contribution is -2.54. The molecule has 1 aliphatic heterocycles. The van der Waals surface area contributed by atoms with Crippen LogP contribution in [0.3, 0.4) is 0 Å². The average Bonchev–Trinajstić information content (AvgIpc) is 2.52. The molecule has 27 heavy (non-hydrogen) atoms. The van der Waals surface area contributed by atoms with Crippen LogP contribution in [0.5, 0.6) is 0 Å². The summed E-state index contributed by atoms with van der Waals surface area (Å²) in [6, 6.07) is 0. The predicted molar refractivity (Wildman–Crippen MR) is 123 cm³/mol. The zero-order chi connectivity index (χ0) is 19.8. The van der Waals surface area contributed by atoms with Gasteiger partial charge in [0.25, 0.3) is 0 Å². The van der Waals surface area contributed by atoms with Crippen LogP contribution in [0.4, 0.5) is 0 Å². The van der Waals surface area contributed by atoms with E-state index in [1.807, 2.05) is 13.8 Å². The highest BCUT2D eigenvalue weighted by Gasteiger charge is 2.28. The Bertz CT molecular complexity index is 539. The van der Waals surface area contributed by atoms with Crippen molar-refractivity contribution in [3.63, 3.8) is 0 Å². The van der Waals surface area contributed by atoms with Crippen molar-refractivity contribution in [1.29, 1.82) is 0 Å². The number of hydrogen-bond acceptors (Lipinski definition) is 4. The summed E-state index contributed by atoms with van der Waals surface area (Å²) in [6.45, 7) is 16.6. The zero-order valence-electron chi connectivity index (χ0n) is 17.8. The smallest absolute Gasteiger partial charge is 0.216 e. The van der Waals surface area contributed by atoms with Crippen LogP contribution >= 0.6 is 24.0 Å². The third kappa shape index (κ3) is 10.8. The van der Waals surface area contributed by atoms with E-state index in [0.717, 1.165) is 25.5 Å². The number of nitrogens with zero attached hydrogens (tertiary/aromatic N) is 3. The highest BCUT2D eigenvalue weighted by Crippen LogP contribution is 2.18. The summed E-state index contributed by atoms with van der Waals surface area (Å²) in [6.07, 6.45) is 1.07. The number of hydrogen-bond donors (Lipinski definition) is 1. The zero-order valence-corrected chi connectivity index (χ0v) is 21.0. The Morgan fingerprint density at radius 3 is 2.26 bits per heavy atom. The van der Waals surface area contributed by atoms with E-state index >= 15 is 0 Å². The number of halogens is 1. The molecule has 1 fully saturated rings. The van der Waals surface area contributed by atoms with Crippen molar-refractivity contribution in [3.05, 3.63) is 0 Å². The molecule has 0 bridgehead atoms. The van der Waals surface area contributed by atoms with E-state index in [4.69, 9.17) is 9.73 Å². The van der Waals surface area contributed by atoms with Crippen molar-refractivity contribution < 1.29 is 13.2 Å². The fourth-order valence-electron chi connectivity index (χ4n) is 2.62. The lowest BCUT2D eigenvalue weighted by Gasteiger charge is -2.36. The average molecular weight is 519 g/mol. The van der Waals surface area contributed by atoms with Gasteiger partial charge in [0.15, 0.2) is 5.96 Å². The second kappa shape index (κ2) is 12.4. The number of ether oxygens (including phenoxy) is 1. The number of piperazine rings is 1. The van der Waals surface area contributed by atoms with Crippen molar-refractivity contribution in [2.24, 2.45) is 10.4 Å². The van der Waals surface area contributed by atoms with Crippen LogP contribution in [0.25, 0.3) is 0 Å². The van der Waals surface area contributed by atoms with Crippen LogP contribution in [-0.4, -0.2) is 81.3 Å². The fourth-order valence-corrected chi connectivity index (χ4v) is 3.90. The first kappa shape index (κ1) is 26.9. The van der Waals surface area contributed by atoms with Crippen LogP contribution in [-0.2, 0) is 14.8 Å². The van der Waals surface area contributed by atoms with Gasteiger partial charge in [-0.1, -0.05) is 20.8 Å². The Labute approximate surface area is 183 Å². The topological polar surface area (TPSA) is 74.2 Å². The molecule has 0 spiro atoms. The summed E-state index contributed by atoms with van der Waals surface area (Å²) in [5.74, 6) is 0.933. The standard InChI is InChI=1S/C18H38N4O3S.HI/c1-7-19-17(20-9-8-18(4,5)6)21-10-12-22(13-11-21)26(23,24)15-14-25-16(2)3;/h16H,7-15H2,1-6H3,(H,19,20);1H. The Morgan fingerprint density at radius 2 is 1.78 bits per heavy atom. The van der Waals surface area contributed by atoms with E-state index in [9.17, 15) is 8.42 Å². The maximum absolute atomic E-state index is 12.4. The molecule has 0 aromatic carbocycles. The van der Waals surface area contributed by atoms with Gasteiger partial charge in [-0.05, 0) is 32.6 Å². The molecule has 162 valence electrons. The number of aliphatic imine (C=N–C) groups is 1. The lowest BCUT2D eigenvalue weighted by molar-refractivity contribution is 0.0904. The van der Waals surface area contributed by atoms with E-state index in [2.05, 4.69) is 37.9 Å². The Morgan fingerprint density at radius 1 is 1.19 bits per heavy atom. The van der Waals surface area contributed by atoms with Crippen molar-refractivity contribution in [1.82, 2.24) is 14.5 Å². The first-order valence-corrected chi connectivity index (χ1v) is 11.3. The molecule has 0 saturated carbocycles. The molecule has 1 saturated heterocycles. The van der Waals surface area contributed by atoms with E-state index in [-0.39, 0.29) is 47.9 Å². The van der Waals surface area contributed by atoms with Gasteiger partial charge in [0.2, 0.25) is 10.0 Å². The Balaban J connectivity index is 0.00000676. The second-order valence-corrected chi connectivity index (χ2v) is 10.3. The minimum absolute atomic E-state index is 0. The normalized spacial score (nSPS) is 17.1. The number of rotatable bonds is 8. The quantitative estimate of drug-likeness (QED) is 0.304. The molecular formula is C18H39IN4O3S. The molecule has 1 heterocycles. The van der Waals surface area contributed by atoms with Gasteiger partial charge >= 0.3 is 0 Å². The second-order valence-electron chi connectivity index (χ2n) is 8.17. The summed E-state index contributed by atoms with van der Waals surface area (Å²) in [5, 5.41) is 3.33. The van der Waals surface area contributed by atoms with E-state index < -0.39 is 10.0 Å². The maximum Gasteiger partial charge on any atom is 0.216 e. The summed E-state index contributed by atoms with van der Waals surface area (Å²) >= 11 is 0. The van der Waals surface area contributed by atoms with Crippen LogP contribution in [0.15, 0.2) is 4.99 Å². The highest BCUT2D eigenvalue weighted by molar-refractivity contribution is 14.0. The van der Waals surface area contributed by atoms with Crippen molar-refractivity contribution in [3.8, 4) is 0 Å². The van der Waals surface area contributed by atoms with Gasteiger partial charge in [0, 0.05) is 39.3 Å². The summed E-state index contributed by atoms with van der Waals surface area (Å²) in [5.41, 5.74) is 0.256. The molecule has 0 unspecified atom stereocenters. The van der Waals surface area contributed by atoms with Gasteiger partial charge < -0.3 is 15.0 Å². The van der Waals surface area contributed by atoms with E-state index in [1.54, 1.807) is 4.31 Å². The molecule has 0 aromatic rings. The molecule has 9 heteroatoms. The van der Waals surface area contributed by atoms with Crippen LogP contribution in [0, 0.1) is 5.41 Å². The number of guanidine groups is 1.